The van der Waals surface area contributed by atoms with E-state index in [4.69, 9.17) is 4.43 Å². The van der Waals surface area contributed by atoms with Crippen LogP contribution in [0.3, 0.4) is 0 Å². The molecular formula is C19H32BrNOSi. The van der Waals surface area contributed by atoms with Gasteiger partial charge in [-0.15, -0.1) is 0 Å². The molecule has 2 nitrogen and oxygen atoms in total. The Bertz CT molecular complexity index is 531. The molecule has 2 rings (SSSR count). The SMILES string of the molecule is CC1CCN(c2ccc(CO[Si](C)(C)C(C)(C)C)cc2Br)CC1. The Kier molecular flexibility index (Phi) is 6.02. The third-order valence-electron chi connectivity index (χ3n) is 5.54. The van der Waals surface area contributed by atoms with Crippen LogP contribution >= 0.6 is 15.9 Å². The van der Waals surface area contributed by atoms with Gasteiger partial charge in [0.05, 0.1) is 12.3 Å². The molecule has 1 aliphatic heterocycles. The van der Waals surface area contributed by atoms with E-state index < -0.39 is 8.32 Å². The van der Waals surface area contributed by atoms with E-state index in [1.54, 1.807) is 0 Å². The van der Waals surface area contributed by atoms with E-state index >= 15 is 0 Å². The molecule has 23 heavy (non-hydrogen) atoms. The molecule has 0 bridgehead atoms. The van der Waals surface area contributed by atoms with Gasteiger partial charge in [-0.1, -0.05) is 33.8 Å². The summed E-state index contributed by atoms with van der Waals surface area (Å²) in [7, 11) is -1.68. The van der Waals surface area contributed by atoms with Crippen molar-refractivity contribution in [3.8, 4) is 0 Å². The van der Waals surface area contributed by atoms with Gasteiger partial charge in [-0.2, -0.15) is 0 Å². The minimum absolute atomic E-state index is 0.259. The van der Waals surface area contributed by atoms with Crippen molar-refractivity contribution >= 4 is 29.9 Å². The maximum atomic E-state index is 6.34. The predicted octanol–water partition coefficient (Wildman–Crippen LogP) is 6.21. The average molecular weight is 398 g/mol. The second-order valence-corrected chi connectivity index (χ2v) is 14.2. The summed E-state index contributed by atoms with van der Waals surface area (Å²) in [6.07, 6.45) is 2.59. The summed E-state index contributed by atoms with van der Waals surface area (Å²) in [6.45, 7) is 16.9. The molecule has 0 amide bonds. The molecule has 1 fully saturated rings. The highest BCUT2D eigenvalue weighted by Crippen LogP contribution is 2.37. The maximum Gasteiger partial charge on any atom is 0.192 e. The largest absolute Gasteiger partial charge is 0.413 e. The van der Waals surface area contributed by atoms with Gasteiger partial charge in [0.15, 0.2) is 8.32 Å². The lowest BCUT2D eigenvalue weighted by Gasteiger charge is -2.36. The van der Waals surface area contributed by atoms with Crippen molar-refractivity contribution in [2.24, 2.45) is 5.92 Å². The molecule has 4 heteroatoms. The molecule has 1 aromatic carbocycles. The van der Waals surface area contributed by atoms with Gasteiger partial charge in [0.25, 0.3) is 0 Å². The van der Waals surface area contributed by atoms with Crippen molar-refractivity contribution in [2.75, 3.05) is 18.0 Å². The van der Waals surface area contributed by atoms with Gasteiger partial charge in [0.2, 0.25) is 0 Å². The summed E-state index contributed by atoms with van der Waals surface area (Å²) < 4.78 is 7.54. The number of anilines is 1. The van der Waals surface area contributed by atoms with Gasteiger partial charge in [0, 0.05) is 17.6 Å². The molecule has 1 saturated heterocycles. The Morgan fingerprint density at radius 1 is 1.22 bits per heavy atom. The van der Waals surface area contributed by atoms with E-state index in [1.165, 1.54) is 41.7 Å². The summed E-state index contributed by atoms with van der Waals surface area (Å²) in [5.41, 5.74) is 2.59. The number of hydrogen-bond donors (Lipinski definition) is 0. The lowest BCUT2D eigenvalue weighted by atomic mass is 9.99. The first-order chi connectivity index (χ1) is 10.6. The predicted molar refractivity (Wildman–Crippen MR) is 107 cm³/mol. The third kappa shape index (κ3) is 4.83. The summed E-state index contributed by atoms with van der Waals surface area (Å²) in [4.78, 5) is 2.50. The highest BCUT2D eigenvalue weighted by Gasteiger charge is 2.37. The van der Waals surface area contributed by atoms with Crippen molar-refractivity contribution in [3.63, 3.8) is 0 Å². The quantitative estimate of drug-likeness (QED) is 0.559. The van der Waals surface area contributed by atoms with Crippen LogP contribution in [0.1, 0.15) is 46.1 Å². The molecule has 0 aliphatic carbocycles. The minimum atomic E-state index is -1.68. The Balaban J connectivity index is 2.02. The Morgan fingerprint density at radius 2 is 1.83 bits per heavy atom. The maximum absolute atomic E-state index is 6.34. The zero-order valence-electron chi connectivity index (χ0n) is 15.6. The lowest BCUT2D eigenvalue weighted by Crippen LogP contribution is -2.40. The molecule has 1 heterocycles. The van der Waals surface area contributed by atoms with Crippen LogP contribution in [0.25, 0.3) is 0 Å². The van der Waals surface area contributed by atoms with Gasteiger partial charge in [-0.25, -0.2) is 0 Å². The van der Waals surface area contributed by atoms with Gasteiger partial charge < -0.3 is 9.33 Å². The van der Waals surface area contributed by atoms with Crippen molar-refractivity contribution in [1.29, 1.82) is 0 Å². The summed E-state index contributed by atoms with van der Waals surface area (Å²) >= 11 is 3.77. The third-order valence-corrected chi connectivity index (χ3v) is 10.7. The molecule has 1 aromatic rings. The Hall–Kier alpha value is -0.323. The zero-order chi connectivity index (χ0) is 17.3. The normalized spacial score (nSPS) is 17.6. The monoisotopic (exact) mass is 397 g/mol. The van der Waals surface area contributed by atoms with E-state index in [-0.39, 0.29) is 5.04 Å². The van der Waals surface area contributed by atoms with Gasteiger partial charge in [0.1, 0.15) is 0 Å². The number of piperidine rings is 1. The van der Waals surface area contributed by atoms with Crippen LogP contribution < -0.4 is 4.90 Å². The molecule has 1 aliphatic rings. The second-order valence-electron chi connectivity index (χ2n) is 8.50. The molecule has 0 N–H and O–H groups in total. The summed E-state index contributed by atoms with van der Waals surface area (Å²) in [5.74, 6) is 0.863. The topological polar surface area (TPSA) is 12.5 Å². The van der Waals surface area contributed by atoms with Crippen molar-refractivity contribution < 1.29 is 4.43 Å². The van der Waals surface area contributed by atoms with Crippen LogP contribution in [0, 0.1) is 5.92 Å². The van der Waals surface area contributed by atoms with E-state index in [0.717, 1.165) is 5.92 Å². The number of hydrogen-bond acceptors (Lipinski definition) is 2. The number of benzene rings is 1. The van der Waals surface area contributed by atoms with Crippen molar-refractivity contribution in [2.45, 2.75) is 65.3 Å². The van der Waals surface area contributed by atoms with Crippen LogP contribution in [0.2, 0.25) is 18.1 Å². The van der Waals surface area contributed by atoms with Gasteiger partial charge in [-0.05, 0) is 70.5 Å². The fourth-order valence-electron chi connectivity index (χ4n) is 2.63. The van der Waals surface area contributed by atoms with Crippen molar-refractivity contribution in [3.05, 3.63) is 28.2 Å². The Morgan fingerprint density at radius 3 is 2.35 bits per heavy atom. The van der Waals surface area contributed by atoms with Crippen LogP contribution in [0.15, 0.2) is 22.7 Å². The minimum Gasteiger partial charge on any atom is -0.413 e. The van der Waals surface area contributed by atoms with E-state index in [1.807, 2.05) is 0 Å². The molecule has 0 spiro atoms. The number of nitrogens with zero attached hydrogens (tertiary/aromatic N) is 1. The molecule has 0 aromatic heterocycles. The molecule has 0 saturated carbocycles. The molecule has 0 radical (unpaired) electrons. The van der Waals surface area contributed by atoms with E-state index in [2.05, 4.69) is 79.8 Å². The van der Waals surface area contributed by atoms with Crippen LogP contribution in [-0.2, 0) is 11.0 Å². The number of halogens is 1. The fourth-order valence-corrected chi connectivity index (χ4v) is 4.26. The fraction of sp³-hybridized carbons (Fsp3) is 0.684. The first kappa shape index (κ1) is 19.0. The van der Waals surface area contributed by atoms with Crippen LogP contribution in [0.5, 0.6) is 0 Å². The Labute approximate surface area is 151 Å². The number of rotatable bonds is 4. The van der Waals surface area contributed by atoms with Crippen LogP contribution in [0.4, 0.5) is 5.69 Å². The lowest BCUT2D eigenvalue weighted by molar-refractivity contribution is 0.276. The standard InChI is InChI=1S/C19H32BrNOSi/c1-15-9-11-21(12-10-15)18-8-7-16(13-17(18)20)14-22-23(5,6)19(2,3)4/h7-8,13,15H,9-12,14H2,1-6H3. The molecule has 130 valence electrons. The first-order valence-corrected chi connectivity index (χ1v) is 12.5. The van der Waals surface area contributed by atoms with Gasteiger partial charge in [-0.3, -0.25) is 0 Å². The van der Waals surface area contributed by atoms with E-state index in [0.29, 0.717) is 6.61 Å². The zero-order valence-corrected chi connectivity index (χ0v) is 18.2. The highest BCUT2D eigenvalue weighted by atomic mass is 79.9. The molecule has 0 atom stereocenters. The highest BCUT2D eigenvalue weighted by molar-refractivity contribution is 9.10. The summed E-state index contributed by atoms with van der Waals surface area (Å²) in [6, 6.07) is 6.72. The molecular weight excluding hydrogens is 366 g/mol. The molecule has 0 unspecified atom stereocenters. The van der Waals surface area contributed by atoms with Gasteiger partial charge >= 0.3 is 0 Å². The summed E-state index contributed by atoms with van der Waals surface area (Å²) in [5, 5.41) is 0.259. The first-order valence-electron chi connectivity index (χ1n) is 8.77. The van der Waals surface area contributed by atoms with Crippen LogP contribution in [-0.4, -0.2) is 21.4 Å². The van der Waals surface area contributed by atoms with Crippen molar-refractivity contribution in [1.82, 2.24) is 0 Å². The smallest absolute Gasteiger partial charge is 0.192 e. The average Bonchev–Trinajstić information content (AvgIpc) is 2.45. The van der Waals surface area contributed by atoms with E-state index in [9.17, 15) is 0 Å². The second kappa shape index (κ2) is 7.28.